The number of esters is 1. The first-order valence-electron chi connectivity index (χ1n) is 5.95. The number of aromatic nitrogens is 1. The molecule has 0 fully saturated rings. The molecule has 17 heavy (non-hydrogen) atoms. The van der Waals surface area contributed by atoms with Crippen molar-refractivity contribution >= 4 is 16.9 Å². The van der Waals surface area contributed by atoms with E-state index in [0.29, 0.717) is 12.2 Å². The van der Waals surface area contributed by atoms with Gasteiger partial charge in [-0.05, 0) is 44.0 Å². The molecule has 0 aliphatic carbocycles. The van der Waals surface area contributed by atoms with E-state index < -0.39 is 0 Å². The smallest absolute Gasteiger partial charge is 0.338 e. The molecule has 1 aromatic carbocycles. The van der Waals surface area contributed by atoms with Gasteiger partial charge < -0.3 is 9.72 Å². The van der Waals surface area contributed by atoms with Gasteiger partial charge in [-0.3, -0.25) is 0 Å². The average molecular weight is 231 g/mol. The maximum Gasteiger partial charge on any atom is 0.338 e. The topological polar surface area (TPSA) is 42.1 Å². The zero-order valence-corrected chi connectivity index (χ0v) is 10.5. The summed E-state index contributed by atoms with van der Waals surface area (Å²) in [5.74, 6) is -0.254. The van der Waals surface area contributed by atoms with Crippen LogP contribution in [0, 0.1) is 6.92 Å². The standard InChI is InChI=1S/C14H17NO2/c1-4-11-9(3)15-13-7-6-10(8-12(11)13)14(16)17-5-2/h6-8,15H,4-5H2,1-3H3. The first-order chi connectivity index (χ1) is 8.17. The highest BCUT2D eigenvalue weighted by Crippen LogP contribution is 2.24. The van der Waals surface area contributed by atoms with Gasteiger partial charge in [-0.25, -0.2) is 4.79 Å². The van der Waals surface area contributed by atoms with Crippen molar-refractivity contribution in [2.45, 2.75) is 27.2 Å². The molecular weight excluding hydrogens is 214 g/mol. The maximum atomic E-state index is 11.7. The molecular formula is C14H17NO2. The van der Waals surface area contributed by atoms with E-state index in [0.717, 1.165) is 17.3 Å². The average Bonchev–Trinajstić information content (AvgIpc) is 2.63. The van der Waals surface area contributed by atoms with Gasteiger partial charge in [-0.2, -0.15) is 0 Å². The number of carbonyl (C=O) groups excluding carboxylic acids is 1. The number of carbonyl (C=O) groups is 1. The number of fused-ring (bicyclic) bond motifs is 1. The Hall–Kier alpha value is -1.77. The van der Waals surface area contributed by atoms with Crippen molar-refractivity contribution in [3.05, 3.63) is 35.0 Å². The lowest BCUT2D eigenvalue weighted by atomic mass is 10.1. The normalized spacial score (nSPS) is 10.8. The maximum absolute atomic E-state index is 11.7. The summed E-state index contributed by atoms with van der Waals surface area (Å²) >= 11 is 0. The molecule has 0 aliphatic rings. The number of rotatable bonds is 3. The van der Waals surface area contributed by atoms with Crippen LogP contribution in [0.1, 0.15) is 35.5 Å². The number of hydrogen-bond donors (Lipinski definition) is 1. The van der Waals surface area contributed by atoms with Gasteiger partial charge in [0.05, 0.1) is 12.2 Å². The van der Waals surface area contributed by atoms with E-state index >= 15 is 0 Å². The molecule has 2 rings (SSSR count). The summed E-state index contributed by atoms with van der Waals surface area (Å²) in [4.78, 5) is 15.0. The lowest BCUT2D eigenvalue weighted by Crippen LogP contribution is -2.04. The van der Waals surface area contributed by atoms with E-state index in [9.17, 15) is 4.79 Å². The highest BCUT2D eigenvalue weighted by atomic mass is 16.5. The molecule has 0 saturated heterocycles. The van der Waals surface area contributed by atoms with Gasteiger partial charge in [-0.1, -0.05) is 6.92 Å². The molecule has 0 atom stereocenters. The van der Waals surface area contributed by atoms with Gasteiger partial charge in [0.25, 0.3) is 0 Å². The fourth-order valence-corrected chi connectivity index (χ4v) is 2.18. The summed E-state index contributed by atoms with van der Waals surface area (Å²) in [6.45, 7) is 6.40. The van der Waals surface area contributed by atoms with E-state index in [1.54, 1.807) is 6.07 Å². The lowest BCUT2D eigenvalue weighted by molar-refractivity contribution is 0.0526. The largest absolute Gasteiger partial charge is 0.462 e. The van der Waals surface area contributed by atoms with Crippen LogP contribution in [0.15, 0.2) is 18.2 Å². The minimum Gasteiger partial charge on any atom is -0.462 e. The first-order valence-corrected chi connectivity index (χ1v) is 5.95. The number of H-pyrrole nitrogens is 1. The fourth-order valence-electron chi connectivity index (χ4n) is 2.18. The van der Waals surface area contributed by atoms with Gasteiger partial charge in [0.1, 0.15) is 0 Å². The summed E-state index contributed by atoms with van der Waals surface area (Å²) in [6.07, 6.45) is 0.956. The van der Waals surface area contributed by atoms with Gasteiger partial charge in [0, 0.05) is 16.6 Å². The van der Waals surface area contributed by atoms with Gasteiger partial charge >= 0.3 is 5.97 Å². The quantitative estimate of drug-likeness (QED) is 0.824. The van der Waals surface area contributed by atoms with Crippen LogP contribution < -0.4 is 0 Å². The Morgan fingerprint density at radius 1 is 1.35 bits per heavy atom. The summed E-state index contributed by atoms with van der Waals surface area (Å²) < 4.78 is 5.01. The van der Waals surface area contributed by atoms with Crippen LogP contribution in [-0.4, -0.2) is 17.6 Å². The Morgan fingerprint density at radius 3 is 2.76 bits per heavy atom. The molecule has 3 heteroatoms. The Labute approximate surface area is 101 Å². The number of hydrogen-bond acceptors (Lipinski definition) is 2. The molecule has 0 spiro atoms. The molecule has 2 aromatic rings. The number of aryl methyl sites for hydroxylation is 2. The molecule has 90 valence electrons. The van der Waals surface area contributed by atoms with Crippen molar-refractivity contribution in [1.82, 2.24) is 4.98 Å². The molecule has 0 aliphatic heterocycles. The van der Waals surface area contributed by atoms with Crippen molar-refractivity contribution in [3.63, 3.8) is 0 Å². The monoisotopic (exact) mass is 231 g/mol. The molecule has 0 amide bonds. The van der Waals surface area contributed by atoms with Crippen molar-refractivity contribution < 1.29 is 9.53 Å². The lowest BCUT2D eigenvalue weighted by Gasteiger charge is -2.02. The van der Waals surface area contributed by atoms with Crippen LogP contribution in [0.3, 0.4) is 0 Å². The molecule has 0 saturated carbocycles. The molecule has 1 heterocycles. The van der Waals surface area contributed by atoms with Crippen LogP contribution in [0.4, 0.5) is 0 Å². The Morgan fingerprint density at radius 2 is 2.12 bits per heavy atom. The zero-order valence-electron chi connectivity index (χ0n) is 10.5. The van der Waals surface area contributed by atoms with Crippen LogP contribution >= 0.6 is 0 Å². The van der Waals surface area contributed by atoms with Gasteiger partial charge in [-0.15, -0.1) is 0 Å². The van der Waals surface area contributed by atoms with Crippen molar-refractivity contribution in [2.75, 3.05) is 6.61 Å². The van der Waals surface area contributed by atoms with Crippen molar-refractivity contribution in [1.29, 1.82) is 0 Å². The van der Waals surface area contributed by atoms with Gasteiger partial charge in [0.2, 0.25) is 0 Å². The minimum absolute atomic E-state index is 0.254. The van der Waals surface area contributed by atoms with Crippen LogP contribution in [0.2, 0.25) is 0 Å². The summed E-state index contributed by atoms with van der Waals surface area (Å²) in [6, 6.07) is 5.65. The van der Waals surface area contributed by atoms with Crippen LogP contribution in [0.25, 0.3) is 10.9 Å². The fraction of sp³-hybridized carbons (Fsp3) is 0.357. The molecule has 0 unspecified atom stereocenters. The van der Waals surface area contributed by atoms with E-state index in [1.165, 1.54) is 11.3 Å². The van der Waals surface area contributed by atoms with Crippen LogP contribution in [0.5, 0.6) is 0 Å². The Bertz CT molecular complexity index is 555. The van der Waals surface area contributed by atoms with E-state index in [2.05, 4.69) is 18.8 Å². The van der Waals surface area contributed by atoms with E-state index in [4.69, 9.17) is 4.74 Å². The second kappa shape index (κ2) is 4.62. The first kappa shape index (κ1) is 11.7. The number of nitrogens with one attached hydrogen (secondary N) is 1. The summed E-state index contributed by atoms with van der Waals surface area (Å²) in [7, 11) is 0. The second-order valence-corrected chi connectivity index (χ2v) is 4.06. The second-order valence-electron chi connectivity index (χ2n) is 4.06. The third kappa shape index (κ3) is 2.05. The molecule has 0 bridgehead atoms. The predicted octanol–water partition coefficient (Wildman–Crippen LogP) is 3.22. The third-order valence-corrected chi connectivity index (χ3v) is 2.98. The predicted molar refractivity (Wildman–Crippen MR) is 68.4 cm³/mol. The zero-order chi connectivity index (χ0) is 12.4. The summed E-state index contributed by atoms with van der Waals surface area (Å²) in [5, 5.41) is 1.12. The molecule has 1 aromatic heterocycles. The minimum atomic E-state index is -0.254. The molecule has 1 N–H and O–H groups in total. The Balaban J connectivity index is 2.52. The highest BCUT2D eigenvalue weighted by molar-refractivity contribution is 5.96. The molecule has 0 radical (unpaired) electrons. The number of ether oxygens (including phenoxy) is 1. The SMILES string of the molecule is CCOC(=O)c1ccc2[nH]c(C)c(CC)c2c1. The van der Waals surface area contributed by atoms with Crippen molar-refractivity contribution in [3.8, 4) is 0 Å². The van der Waals surface area contributed by atoms with Crippen LogP contribution in [-0.2, 0) is 11.2 Å². The summed E-state index contributed by atoms with van der Waals surface area (Å²) in [5.41, 5.74) is 4.13. The third-order valence-electron chi connectivity index (χ3n) is 2.98. The van der Waals surface area contributed by atoms with E-state index in [-0.39, 0.29) is 5.97 Å². The Kier molecular flexibility index (Phi) is 3.18. The van der Waals surface area contributed by atoms with E-state index in [1.807, 2.05) is 19.1 Å². The highest BCUT2D eigenvalue weighted by Gasteiger charge is 2.11. The molecule has 3 nitrogen and oxygen atoms in total. The van der Waals surface area contributed by atoms with Crippen molar-refractivity contribution in [2.24, 2.45) is 0 Å². The number of aromatic amines is 1. The number of benzene rings is 1. The van der Waals surface area contributed by atoms with Gasteiger partial charge in [0.15, 0.2) is 0 Å².